The van der Waals surface area contributed by atoms with Gasteiger partial charge in [-0.25, -0.2) is 0 Å². The number of aromatic nitrogens is 1. The number of carbonyl (C=O) groups excluding carboxylic acids is 3. The van der Waals surface area contributed by atoms with Crippen molar-refractivity contribution in [2.75, 3.05) is 11.9 Å². The lowest BCUT2D eigenvalue weighted by molar-refractivity contribution is -0.142. The van der Waals surface area contributed by atoms with Crippen LogP contribution in [-0.4, -0.2) is 39.9 Å². The number of halogens is 1. The number of aryl methyl sites for hydroxylation is 1. The number of amides is 3. The monoisotopic (exact) mass is 490 g/mol. The third-order valence-corrected chi connectivity index (χ3v) is 5.33. The number of nitrogens with zero attached hydrogens (tertiary/aromatic N) is 2. The van der Waals surface area contributed by atoms with Crippen molar-refractivity contribution in [1.29, 1.82) is 0 Å². The van der Waals surface area contributed by atoms with Crippen molar-refractivity contribution < 1.29 is 18.9 Å². The Morgan fingerprint density at radius 3 is 2.38 bits per heavy atom. The first-order valence-electron chi connectivity index (χ1n) is 11.5. The molecule has 3 amide bonds. The summed E-state index contributed by atoms with van der Waals surface area (Å²) in [6, 6.07) is 7.70. The summed E-state index contributed by atoms with van der Waals surface area (Å²) in [6.45, 7) is 11.8. The summed E-state index contributed by atoms with van der Waals surface area (Å²) >= 11 is 6.47. The van der Waals surface area contributed by atoms with Crippen LogP contribution in [0.5, 0.6) is 0 Å². The van der Waals surface area contributed by atoms with E-state index in [9.17, 15) is 14.4 Å². The minimum absolute atomic E-state index is 0.0565. The van der Waals surface area contributed by atoms with Gasteiger partial charge in [0.05, 0.1) is 0 Å². The molecule has 0 aliphatic carbocycles. The highest BCUT2D eigenvalue weighted by Crippen LogP contribution is 2.30. The number of rotatable bonds is 10. The fourth-order valence-electron chi connectivity index (χ4n) is 3.38. The normalized spacial score (nSPS) is 12.4. The quantitative estimate of drug-likeness (QED) is 0.493. The molecule has 1 aromatic carbocycles. The third kappa shape index (κ3) is 8.48. The predicted octanol–water partition coefficient (Wildman–Crippen LogP) is 4.89. The highest BCUT2D eigenvalue weighted by molar-refractivity contribution is 6.31. The maximum Gasteiger partial charge on any atom is 0.247 e. The molecule has 186 valence electrons. The first kappa shape index (κ1) is 27.4. The van der Waals surface area contributed by atoms with Gasteiger partial charge in [-0.2, -0.15) is 0 Å². The smallest absolute Gasteiger partial charge is 0.247 e. The van der Waals surface area contributed by atoms with Gasteiger partial charge in [0.2, 0.25) is 17.7 Å². The van der Waals surface area contributed by atoms with Crippen LogP contribution in [0.2, 0.25) is 5.02 Å². The van der Waals surface area contributed by atoms with Gasteiger partial charge in [-0.3, -0.25) is 14.4 Å². The van der Waals surface area contributed by atoms with Gasteiger partial charge in [0, 0.05) is 41.6 Å². The fraction of sp³-hybridized carbons (Fsp3) is 0.520. The average molecular weight is 491 g/mol. The molecule has 1 unspecified atom stereocenters. The number of hydrogen-bond donors (Lipinski definition) is 2. The van der Waals surface area contributed by atoms with Crippen molar-refractivity contribution in [3.05, 3.63) is 46.7 Å². The van der Waals surface area contributed by atoms with E-state index in [2.05, 4.69) is 29.6 Å². The first-order chi connectivity index (χ1) is 15.9. The van der Waals surface area contributed by atoms with Gasteiger partial charge in [0.15, 0.2) is 5.82 Å². The van der Waals surface area contributed by atoms with Crippen molar-refractivity contribution in [1.82, 2.24) is 15.4 Å². The van der Waals surface area contributed by atoms with Gasteiger partial charge in [-0.15, -0.1) is 0 Å². The van der Waals surface area contributed by atoms with Crippen LogP contribution in [0.4, 0.5) is 5.82 Å². The second-order valence-corrected chi connectivity index (χ2v) is 10.2. The lowest BCUT2D eigenvalue weighted by Gasteiger charge is -2.34. The summed E-state index contributed by atoms with van der Waals surface area (Å²) in [5.74, 6) is 0.190. The second kappa shape index (κ2) is 12.0. The van der Waals surface area contributed by atoms with Crippen LogP contribution in [0.25, 0.3) is 0 Å². The van der Waals surface area contributed by atoms with Crippen LogP contribution in [0.3, 0.4) is 0 Å². The predicted molar refractivity (Wildman–Crippen MR) is 132 cm³/mol. The molecule has 0 saturated carbocycles. The van der Waals surface area contributed by atoms with E-state index >= 15 is 0 Å². The van der Waals surface area contributed by atoms with Crippen LogP contribution < -0.4 is 10.6 Å². The minimum Gasteiger partial charge on any atom is -0.360 e. The van der Waals surface area contributed by atoms with E-state index in [4.69, 9.17) is 16.1 Å². The Labute approximate surface area is 206 Å². The summed E-state index contributed by atoms with van der Waals surface area (Å²) in [5.41, 5.74) is 0.0458. The molecule has 0 aliphatic heterocycles. The summed E-state index contributed by atoms with van der Waals surface area (Å²) < 4.78 is 4.94. The lowest BCUT2D eigenvalue weighted by Crippen LogP contribution is -2.49. The van der Waals surface area contributed by atoms with Crippen molar-refractivity contribution in [2.24, 2.45) is 5.92 Å². The Morgan fingerprint density at radius 1 is 1.15 bits per heavy atom. The Balaban J connectivity index is 2.28. The zero-order valence-corrected chi connectivity index (χ0v) is 21.5. The third-order valence-electron chi connectivity index (χ3n) is 4.99. The molecular formula is C25H35ClN4O4. The molecule has 1 heterocycles. The van der Waals surface area contributed by atoms with E-state index in [0.29, 0.717) is 41.0 Å². The largest absolute Gasteiger partial charge is 0.360 e. The Bertz CT molecular complexity index is 997. The highest BCUT2D eigenvalue weighted by Gasteiger charge is 2.34. The summed E-state index contributed by atoms with van der Waals surface area (Å²) in [4.78, 5) is 40.7. The number of hydrogen-bond acceptors (Lipinski definition) is 5. The molecule has 1 atom stereocenters. The molecule has 0 bridgehead atoms. The molecule has 0 aliphatic rings. The van der Waals surface area contributed by atoms with Crippen LogP contribution in [0.1, 0.15) is 71.2 Å². The first-order valence-corrected chi connectivity index (χ1v) is 11.8. The molecule has 2 rings (SSSR count). The van der Waals surface area contributed by atoms with E-state index in [1.165, 1.54) is 4.90 Å². The van der Waals surface area contributed by atoms with E-state index in [0.717, 1.165) is 0 Å². The molecule has 9 heteroatoms. The van der Waals surface area contributed by atoms with Crippen molar-refractivity contribution in [3.8, 4) is 0 Å². The molecule has 1 aromatic heterocycles. The van der Waals surface area contributed by atoms with Crippen molar-refractivity contribution in [2.45, 2.75) is 72.4 Å². The molecule has 34 heavy (non-hydrogen) atoms. The molecule has 8 nitrogen and oxygen atoms in total. The minimum atomic E-state index is -0.916. The topological polar surface area (TPSA) is 105 Å². The van der Waals surface area contributed by atoms with E-state index < -0.39 is 11.6 Å². The maximum absolute atomic E-state index is 13.4. The maximum atomic E-state index is 13.4. The molecular weight excluding hydrogens is 456 g/mol. The number of benzene rings is 1. The van der Waals surface area contributed by atoms with Crippen LogP contribution in [0, 0.1) is 12.8 Å². The van der Waals surface area contributed by atoms with Gasteiger partial charge in [-0.05, 0) is 46.1 Å². The molecule has 0 fully saturated rings. The summed E-state index contributed by atoms with van der Waals surface area (Å²) in [6.07, 6.45) is 0.573. The number of nitrogens with one attached hydrogen (secondary N) is 2. The standard InChI is InChI=1S/C25H35ClN4O4/c1-16(2)13-14-30(22(32)12-11-21(31)27-20-15-17(3)34-29-20)23(24(33)28-25(4,5)6)18-9-7-8-10-19(18)26/h7-10,15-16,23H,11-14H2,1-6H3,(H,28,33)(H,27,29,31). The molecule has 0 spiro atoms. The van der Waals surface area contributed by atoms with E-state index in [1.54, 1.807) is 37.3 Å². The van der Waals surface area contributed by atoms with Crippen LogP contribution >= 0.6 is 11.6 Å². The van der Waals surface area contributed by atoms with Gasteiger partial charge in [-0.1, -0.05) is 48.8 Å². The van der Waals surface area contributed by atoms with Crippen molar-refractivity contribution in [3.63, 3.8) is 0 Å². The van der Waals surface area contributed by atoms with E-state index in [-0.39, 0.29) is 30.6 Å². The fourth-order valence-corrected chi connectivity index (χ4v) is 3.61. The zero-order valence-electron chi connectivity index (χ0n) is 20.8. The van der Waals surface area contributed by atoms with Gasteiger partial charge in [0.1, 0.15) is 11.8 Å². The van der Waals surface area contributed by atoms with Crippen LogP contribution in [0.15, 0.2) is 34.9 Å². The number of carbonyl (C=O) groups is 3. The SMILES string of the molecule is Cc1cc(NC(=O)CCC(=O)N(CCC(C)C)C(C(=O)NC(C)(C)C)c2ccccc2Cl)no1. The summed E-state index contributed by atoms with van der Waals surface area (Å²) in [5, 5.41) is 9.73. The van der Waals surface area contributed by atoms with Gasteiger partial charge >= 0.3 is 0 Å². The Hall–Kier alpha value is -2.87. The van der Waals surface area contributed by atoms with Crippen LogP contribution in [-0.2, 0) is 14.4 Å². The Morgan fingerprint density at radius 2 is 1.82 bits per heavy atom. The van der Waals surface area contributed by atoms with Crippen molar-refractivity contribution >= 4 is 35.1 Å². The average Bonchev–Trinajstić information content (AvgIpc) is 3.13. The molecule has 2 aromatic rings. The Kier molecular flexibility index (Phi) is 9.67. The highest BCUT2D eigenvalue weighted by atomic mass is 35.5. The van der Waals surface area contributed by atoms with Gasteiger partial charge < -0.3 is 20.1 Å². The molecule has 2 N–H and O–H groups in total. The summed E-state index contributed by atoms with van der Waals surface area (Å²) in [7, 11) is 0. The molecule has 0 radical (unpaired) electrons. The molecule has 0 saturated heterocycles. The van der Waals surface area contributed by atoms with Gasteiger partial charge in [0.25, 0.3) is 0 Å². The van der Waals surface area contributed by atoms with E-state index in [1.807, 2.05) is 20.8 Å². The number of anilines is 1. The second-order valence-electron chi connectivity index (χ2n) is 9.80. The lowest BCUT2D eigenvalue weighted by atomic mass is 9.99. The zero-order chi connectivity index (χ0) is 25.5.